The third-order valence-electron chi connectivity index (χ3n) is 2.77. The third-order valence-corrected chi connectivity index (χ3v) is 3.00. The van der Waals surface area contributed by atoms with Crippen molar-refractivity contribution in [3.8, 4) is 0 Å². The molecule has 0 fully saturated rings. The second-order valence-corrected chi connectivity index (χ2v) is 4.61. The monoisotopic (exact) mass is 266 g/mol. The number of halogens is 1. The Hall–Kier alpha value is -2.19. The number of fused-ring (bicyclic) bond motifs is 1. The minimum Gasteiger partial charge on any atom is -0.252 e. The molecule has 92 valence electrons. The van der Waals surface area contributed by atoms with Crippen molar-refractivity contribution in [2.45, 2.75) is 0 Å². The van der Waals surface area contributed by atoms with Gasteiger partial charge in [0.2, 0.25) is 0 Å². The zero-order chi connectivity index (χ0) is 13.1. The molecule has 0 unspecified atom stereocenters. The lowest BCUT2D eigenvalue weighted by Crippen LogP contribution is -1.87. The molecule has 0 bridgehead atoms. The summed E-state index contributed by atoms with van der Waals surface area (Å²) >= 11 is 5.92. The number of hydrogen-bond acceptors (Lipinski definition) is 2. The van der Waals surface area contributed by atoms with E-state index in [2.05, 4.69) is 9.97 Å². The van der Waals surface area contributed by atoms with Gasteiger partial charge in [-0.05, 0) is 29.8 Å². The summed E-state index contributed by atoms with van der Waals surface area (Å²) in [5, 5.41) is 0.675. The predicted octanol–water partition coefficient (Wildman–Crippen LogP) is 4.45. The summed E-state index contributed by atoms with van der Waals surface area (Å²) in [6.07, 6.45) is 5.72. The molecule has 0 saturated carbocycles. The Morgan fingerprint density at radius 3 is 2.58 bits per heavy atom. The van der Waals surface area contributed by atoms with E-state index in [1.165, 1.54) is 0 Å². The van der Waals surface area contributed by atoms with Gasteiger partial charge < -0.3 is 0 Å². The van der Waals surface area contributed by atoms with Gasteiger partial charge >= 0.3 is 0 Å². The van der Waals surface area contributed by atoms with E-state index in [0.717, 1.165) is 22.3 Å². The highest BCUT2D eigenvalue weighted by Crippen LogP contribution is 2.16. The van der Waals surface area contributed by atoms with E-state index >= 15 is 0 Å². The van der Waals surface area contributed by atoms with Gasteiger partial charge in [-0.15, -0.1) is 0 Å². The highest BCUT2D eigenvalue weighted by atomic mass is 35.5. The second kappa shape index (κ2) is 5.21. The lowest BCUT2D eigenvalue weighted by molar-refractivity contribution is 1.27. The van der Waals surface area contributed by atoms with E-state index < -0.39 is 0 Å². The molecule has 0 spiro atoms. The Balaban J connectivity index is 1.94. The zero-order valence-corrected chi connectivity index (χ0v) is 10.9. The Bertz CT molecular complexity index is 736. The first-order valence-corrected chi connectivity index (χ1v) is 6.34. The van der Waals surface area contributed by atoms with Crippen LogP contribution in [0.25, 0.3) is 23.2 Å². The number of nitrogens with zero attached hydrogens (tertiary/aromatic N) is 2. The van der Waals surface area contributed by atoms with E-state index in [4.69, 9.17) is 11.6 Å². The van der Waals surface area contributed by atoms with Crippen LogP contribution in [-0.4, -0.2) is 9.97 Å². The molecule has 0 aliphatic heterocycles. The van der Waals surface area contributed by atoms with E-state index in [0.29, 0.717) is 5.02 Å². The fraction of sp³-hybridized carbons (Fsp3) is 0. The van der Waals surface area contributed by atoms with Crippen molar-refractivity contribution in [1.82, 2.24) is 9.97 Å². The Morgan fingerprint density at radius 1 is 0.895 bits per heavy atom. The summed E-state index contributed by atoms with van der Waals surface area (Å²) < 4.78 is 0. The normalized spacial score (nSPS) is 11.2. The molecule has 1 aromatic heterocycles. The average molecular weight is 267 g/mol. The van der Waals surface area contributed by atoms with Gasteiger partial charge in [-0.1, -0.05) is 48.0 Å². The molecule has 0 radical (unpaired) electrons. The van der Waals surface area contributed by atoms with Crippen LogP contribution in [0.5, 0.6) is 0 Å². The summed E-state index contributed by atoms with van der Waals surface area (Å²) in [6, 6.07) is 15.6. The molecule has 1 heterocycles. The minimum absolute atomic E-state index is 0.675. The molecule has 0 saturated heterocycles. The molecule has 19 heavy (non-hydrogen) atoms. The summed E-state index contributed by atoms with van der Waals surface area (Å²) in [7, 11) is 0. The van der Waals surface area contributed by atoms with Gasteiger partial charge in [0.05, 0.1) is 22.9 Å². The molecule has 0 atom stereocenters. The molecular weight excluding hydrogens is 256 g/mol. The van der Waals surface area contributed by atoms with Gasteiger partial charge in [-0.3, -0.25) is 4.98 Å². The fourth-order valence-electron chi connectivity index (χ4n) is 1.82. The molecule has 2 nitrogen and oxygen atoms in total. The molecule has 0 N–H and O–H groups in total. The van der Waals surface area contributed by atoms with Crippen molar-refractivity contribution in [3.05, 3.63) is 71.0 Å². The molecule has 3 rings (SSSR count). The lowest BCUT2D eigenvalue weighted by Gasteiger charge is -1.99. The highest BCUT2D eigenvalue weighted by molar-refractivity contribution is 6.31. The number of benzene rings is 2. The van der Waals surface area contributed by atoms with E-state index in [-0.39, 0.29) is 0 Å². The van der Waals surface area contributed by atoms with Crippen LogP contribution >= 0.6 is 11.6 Å². The van der Waals surface area contributed by atoms with Gasteiger partial charge in [0.1, 0.15) is 0 Å². The van der Waals surface area contributed by atoms with Crippen molar-refractivity contribution >= 4 is 34.8 Å². The van der Waals surface area contributed by atoms with Crippen LogP contribution in [0.15, 0.2) is 54.7 Å². The molecular formula is C16H11ClN2. The first-order valence-electron chi connectivity index (χ1n) is 5.97. The summed E-state index contributed by atoms with van der Waals surface area (Å²) in [5.41, 5.74) is 3.63. The van der Waals surface area contributed by atoms with Gasteiger partial charge in [-0.25, -0.2) is 4.98 Å². The molecule has 3 aromatic rings. The van der Waals surface area contributed by atoms with Gasteiger partial charge in [-0.2, -0.15) is 0 Å². The Morgan fingerprint density at radius 2 is 1.74 bits per heavy atom. The SMILES string of the molecule is Clc1ccc2nc(/C=C/c3ccccc3)cnc2c1. The average Bonchev–Trinajstić information content (AvgIpc) is 2.46. The Kier molecular flexibility index (Phi) is 3.25. The number of hydrogen-bond donors (Lipinski definition) is 0. The number of rotatable bonds is 2. The van der Waals surface area contributed by atoms with Crippen molar-refractivity contribution < 1.29 is 0 Å². The standard InChI is InChI=1S/C16H11ClN2/c17-13-7-9-15-16(10-13)18-11-14(19-15)8-6-12-4-2-1-3-5-12/h1-11H/b8-6+. The van der Waals surface area contributed by atoms with Gasteiger partial charge in [0, 0.05) is 5.02 Å². The smallest absolute Gasteiger partial charge is 0.0902 e. The van der Waals surface area contributed by atoms with E-state index in [1.807, 2.05) is 60.7 Å². The fourth-order valence-corrected chi connectivity index (χ4v) is 1.99. The maximum Gasteiger partial charge on any atom is 0.0902 e. The van der Waals surface area contributed by atoms with Crippen molar-refractivity contribution in [2.75, 3.05) is 0 Å². The maximum absolute atomic E-state index is 5.92. The van der Waals surface area contributed by atoms with E-state index in [9.17, 15) is 0 Å². The Labute approximate surface area is 116 Å². The van der Waals surface area contributed by atoms with Crippen LogP contribution in [0.3, 0.4) is 0 Å². The van der Waals surface area contributed by atoms with Crippen LogP contribution in [0.2, 0.25) is 5.02 Å². The molecule has 3 heteroatoms. The van der Waals surface area contributed by atoms with Gasteiger partial charge in [0.15, 0.2) is 0 Å². The van der Waals surface area contributed by atoms with Crippen molar-refractivity contribution in [2.24, 2.45) is 0 Å². The van der Waals surface area contributed by atoms with Crippen LogP contribution in [0.4, 0.5) is 0 Å². The first-order chi connectivity index (χ1) is 9.31. The van der Waals surface area contributed by atoms with Gasteiger partial charge in [0.25, 0.3) is 0 Å². The maximum atomic E-state index is 5.92. The van der Waals surface area contributed by atoms with Crippen LogP contribution in [0, 0.1) is 0 Å². The molecule has 0 amide bonds. The topological polar surface area (TPSA) is 25.8 Å². The molecule has 0 aliphatic rings. The lowest BCUT2D eigenvalue weighted by atomic mass is 10.2. The van der Waals surface area contributed by atoms with E-state index in [1.54, 1.807) is 6.20 Å². The summed E-state index contributed by atoms with van der Waals surface area (Å²) in [5.74, 6) is 0. The van der Waals surface area contributed by atoms with Crippen molar-refractivity contribution in [1.29, 1.82) is 0 Å². The van der Waals surface area contributed by atoms with Crippen molar-refractivity contribution in [3.63, 3.8) is 0 Å². The molecule has 2 aromatic carbocycles. The highest BCUT2D eigenvalue weighted by Gasteiger charge is 1.98. The second-order valence-electron chi connectivity index (χ2n) is 4.17. The quantitative estimate of drug-likeness (QED) is 0.685. The largest absolute Gasteiger partial charge is 0.252 e. The third kappa shape index (κ3) is 2.80. The van der Waals surface area contributed by atoms with Crippen LogP contribution < -0.4 is 0 Å². The minimum atomic E-state index is 0.675. The number of aromatic nitrogens is 2. The first kappa shape index (κ1) is 11.9. The predicted molar refractivity (Wildman–Crippen MR) is 79.9 cm³/mol. The molecule has 0 aliphatic carbocycles. The summed E-state index contributed by atoms with van der Waals surface area (Å²) in [6.45, 7) is 0. The van der Waals surface area contributed by atoms with Crippen LogP contribution in [-0.2, 0) is 0 Å². The zero-order valence-electron chi connectivity index (χ0n) is 10.1. The summed E-state index contributed by atoms with van der Waals surface area (Å²) in [4.78, 5) is 8.88. The van der Waals surface area contributed by atoms with Crippen LogP contribution in [0.1, 0.15) is 11.3 Å².